The zero-order valence-electron chi connectivity index (χ0n) is 15.7. The van der Waals surface area contributed by atoms with Gasteiger partial charge in [-0.25, -0.2) is 4.39 Å². The largest absolute Gasteiger partial charge is 0.474 e. The Morgan fingerprint density at radius 2 is 1.86 bits per heavy atom. The predicted molar refractivity (Wildman–Crippen MR) is 111 cm³/mol. The van der Waals surface area contributed by atoms with Crippen LogP contribution in [0.15, 0.2) is 63.9 Å². The van der Waals surface area contributed by atoms with Crippen LogP contribution < -0.4 is 10.3 Å². The Balaban J connectivity index is 1.81. The van der Waals surface area contributed by atoms with Crippen molar-refractivity contribution in [1.82, 2.24) is 4.98 Å². The lowest BCUT2D eigenvalue weighted by Gasteiger charge is -2.11. The molecule has 0 atom stereocenters. The molecule has 0 aliphatic rings. The number of pyridine rings is 1. The Morgan fingerprint density at radius 3 is 2.52 bits per heavy atom. The van der Waals surface area contributed by atoms with E-state index in [-0.39, 0.29) is 30.0 Å². The van der Waals surface area contributed by atoms with Crippen molar-refractivity contribution in [3.8, 4) is 17.0 Å². The van der Waals surface area contributed by atoms with Crippen LogP contribution in [0.4, 0.5) is 4.39 Å². The number of aromatic amines is 1. The number of carbonyl (C=O) groups is 1. The molecule has 1 aromatic heterocycles. The van der Waals surface area contributed by atoms with Crippen LogP contribution in [0, 0.1) is 5.82 Å². The molecule has 0 saturated carbocycles. The molecule has 0 fully saturated rings. The third kappa shape index (κ3) is 5.32. The maximum atomic E-state index is 14.7. The van der Waals surface area contributed by atoms with E-state index in [1.165, 1.54) is 12.1 Å². The first kappa shape index (κ1) is 20.8. The second-order valence-corrected chi connectivity index (χ2v) is 7.11. The summed E-state index contributed by atoms with van der Waals surface area (Å²) in [6, 6.07) is 15.5. The fourth-order valence-corrected chi connectivity index (χ4v) is 3.53. The molecule has 0 amide bonds. The van der Waals surface area contributed by atoms with E-state index in [4.69, 9.17) is 9.47 Å². The van der Waals surface area contributed by atoms with Crippen molar-refractivity contribution in [2.45, 2.75) is 20.0 Å². The molecule has 3 rings (SSSR count). The van der Waals surface area contributed by atoms with Gasteiger partial charge >= 0.3 is 5.97 Å². The van der Waals surface area contributed by atoms with Gasteiger partial charge in [-0.05, 0) is 42.3 Å². The molecule has 0 bridgehead atoms. The molecular weight excluding hydrogens is 441 g/mol. The number of rotatable bonds is 7. The monoisotopic (exact) mass is 459 g/mol. The van der Waals surface area contributed by atoms with Crippen LogP contribution in [-0.4, -0.2) is 17.6 Å². The molecule has 7 heteroatoms. The number of hydrogen-bond acceptors (Lipinski definition) is 4. The van der Waals surface area contributed by atoms with E-state index < -0.39 is 17.3 Å². The van der Waals surface area contributed by atoms with Crippen LogP contribution in [0.25, 0.3) is 11.1 Å². The molecule has 0 spiro atoms. The highest BCUT2D eigenvalue weighted by Crippen LogP contribution is 2.31. The van der Waals surface area contributed by atoms with Gasteiger partial charge in [0.15, 0.2) is 5.88 Å². The Morgan fingerprint density at radius 1 is 1.10 bits per heavy atom. The molecule has 1 N–H and O–H groups in total. The van der Waals surface area contributed by atoms with Crippen LogP contribution in [-0.2, 0) is 22.6 Å². The third-order valence-electron chi connectivity index (χ3n) is 4.14. The lowest BCUT2D eigenvalue weighted by Crippen LogP contribution is -2.12. The van der Waals surface area contributed by atoms with E-state index in [0.717, 1.165) is 5.56 Å². The van der Waals surface area contributed by atoms with Gasteiger partial charge in [0.2, 0.25) is 0 Å². The van der Waals surface area contributed by atoms with Gasteiger partial charge in [-0.2, -0.15) is 0 Å². The summed E-state index contributed by atoms with van der Waals surface area (Å²) in [5.74, 6) is -0.760. The van der Waals surface area contributed by atoms with Crippen molar-refractivity contribution >= 4 is 21.9 Å². The van der Waals surface area contributed by atoms with Crippen LogP contribution in [0.3, 0.4) is 0 Å². The number of benzene rings is 2. The third-order valence-corrected chi connectivity index (χ3v) is 4.77. The van der Waals surface area contributed by atoms with Crippen molar-refractivity contribution in [3.05, 3.63) is 86.4 Å². The Kier molecular flexibility index (Phi) is 6.82. The van der Waals surface area contributed by atoms with Gasteiger partial charge in [0.05, 0.1) is 18.6 Å². The highest BCUT2D eigenvalue weighted by atomic mass is 79.9. The second-order valence-electron chi connectivity index (χ2n) is 6.26. The molecular formula is C22H19BrFNO4. The van der Waals surface area contributed by atoms with Gasteiger partial charge in [-0.3, -0.25) is 14.6 Å². The normalized spacial score (nSPS) is 10.6. The molecule has 0 aliphatic heterocycles. The van der Waals surface area contributed by atoms with E-state index in [9.17, 15) is 14.0 Å². The molecule has 29 heavy (non-hydrogen) atoms. The summed E-state index contributed by atoms with van der Waals surface area (Å²) in [5, 5.41) is 0. The first-order valence-electron chi connectivity index (χ1n) is 9.02. The van der Waals surface area contributed by atoms with Gasteiger partial charge in [-0.1, -0.05) is 46.3 Å². The highest BCUT2D eigenvalue weighted by molar-refractivity contribution is 9.10. The van der Waals surface area contributed by atoms with Crippen LogP contribution in [0.2, 0.25) is 0 Å². The fraction of sp³-hybridized carbons (Fsp3) is 0.182. The van der Waals surface area contributed by atoms with Gasteiger partial charge in [0.1, 0.15) is 12.4 Å². The minimum atomic E-state index is -0.609. The minimum absolute atomic E-state index is 0.0493. The molecule has 0 radical (unpaired) electrons. The van der Waals surface area contributed by atoms with Crippen molar-refractivity contribution in [1.29, 1.82) is 0 Å². The van der Waals surface area contributed by atoms with E-state index in [1.54, 1.807) is 19.1 Å². The van der Waals surface area contributed by atoms with E-state index >= 15 is 0 Å². The Hall–Kier alpha value is -2.93. The van der Waals surface area contributed by atoms with Crippen LogP contribution in [0.5, 0.6) is 5.88 Å². The van der Waals surface area contributed by atoms with E-state index in [2.05, 4.69) is 20.9 Å². The molecule has 5 nitrogen and oxygen atoms in total. The summed E-state index contributed by atoms with van der Waals surface area (Å²) in [6.07, 6.45) is -0.0493. The molecule has 3 aromatic rings. The van der Waals surface area contributed by atoms with Crippen molar-refractivity contribution in [2.75, 3.05) is 6.61 Å². The number of esters is 1. The number of aromatic nitrogens is 1. The van der Waals surface area contributed by atoms with Crippen molar-refractivity contribution < 1.29 is 18.7 Å². The quantitative estimate of drug-likeness (QED) is 0.523. The molecule has 0 aliphatic carbocycles. The maximum Gasteiger partial charge on any atom is 0.310 e. The maximum absolute atomic E-state index is 14.7. The number of H-pyrrole nitrogens is 1. The predicted octanol–water partition coefficient (Wildman–Crippen LogP) is 4.63. The number of halogens is 2. The topological polar surface area (TPSA) is 68.4 Å². The summed E-state index contributed by atoms with van der Waals surface area (Å²) in [6.45, 7) is 2.27. The van der Waals surface area contributed by atoms with E-state index in [1.807, 2.05) is 30.3 Å². The summed E-state index contributed by atoms with van der Waals surface area (Å²) >= 11 is 3.30. The van der Waals surface area contributed by atoms with Crippen LogP contribution in [0.1, 0.15) is 18.1 Å². The molecule has 0 saturated heterocycles. The smallest absolute Gasteiger partial charge is 0.310 e. The molecule has 0 unspecified atom stereocenters. The molecule has 1 heterocycles. The van der Waals surface area contributed by atoms with Gasteiger partial charge < -0.3 is 9.47 Å². The number of carbonyl (C=O) groups excluding carboxylic acids is 1. The summed E-state index contributed by atoms with van der Waals surface area (Å²) in [4.78, 5) is 26.7. The Labute approximate surface area is 175 Å². The summed E-state index contributed by atoms with van der Waals surface area (Å²) in [5.41, 5.74) is 1.21. The summed E-state index contributed by atoms with van der Waals surface area (Å²) in [7, 11) is 0. The SMILES string of the molecule is CCOC(=O)Cc1cc(F)c(-c2ccc(OCc3ccccc3)[nH]c2=O)c(Br)c1. The number of ether oxygens (including phenoxy) is 2. The van der Waals surface area contributed by atoms with Crippen LogP contribution >= 0.6 is 15.9 Å². The first-order chi connectivity index (χ1) is 14.0. The Bertz CT molecular complexity index is 1040. The standard InChI is InChI=1S/C22H19BrFNO4/c1-2-28-20(26)12-15-10-17(23)21(18(24)11-15)16-8-9-19(25-22(16)27)29-13-14-6-4-3-5-7-14/h3-11H,2,12-13H2,1H3,(H,25,27). The lowest BCUT2D eigenvalue weighted by atomic mass is 10.0. The zero-order chi connectivity index (χ0) is 20.8. The molecule has 150 valence electrons. The average Bonchev–Trinajstić information content (AvgIpc) is 2.68. The highest BCUT2D eigenvalue weighted by Gasteiger charge is 2.16. The van der Waals surface area contributed by atoms with Gasteiger partial charge in [0, 0.05) is 10.0 Å². The summed E-state index contributed by atoms with van der Waals surface area (Å²) < 4.78 is 25.6. The van der Waals surface area contributed by atoms with Crippen molar-refractivity contribution in [3.63, 3.8) is 0 Å². The second kappa shape index (κ2) is 9.52. The molecule has 2 aromatic carbocycles. The fourth-order valence-electron chi connectivity index (χ4n) is 2.84. The van der Waals surface area contributed by atoms with Gasteiger partial charge in [0.25, 0.3) is 5.56 Å². The lowest BCUT2D eigenvalue weighted by molar-refractivity contribution is -0.142. The number of hydrogen-bond donors (Lipinski definition) is 1. The van der Waals surface area contributed by atoms with E-state index in [0.29, 0.717) is 16.6 Å². The average molecular weight is 460 g/mol. The van der Waals surface area contributed by atoms with Crippen molar-refractivity contribution in [2.24, 2.45) is 0 Å². The van der Waals surface area contributed by atoms with Gasteiger partial charge in [-0.15, -0.1) is 0 Å². The number of nitrogens with one attached hydrogen (secondary N) is 1. The first-order valence-corrected chi connectivity index (χ1v) is 9.81. The zero-order valence-corrected chi connectivity index (χ0v) is 17.3. The minimum Gasteiger partial charge on any atom is -0.474 e.